The zero-order valence-electron chi connectivity index (χ0n) is 15.2. The monoisotopic (exact) mass is 361 g/mol. The lowest BCUT2D eigenvalue weighted by Crippen LogP contribution is -2.32. The van der Waals surface area contributed by atoms with Crippen LogP contribution in [-0.4, -0.2) is 17.2 Å². The van der Waals surface area contributed by atoms with E-state index in [0.29, 0.717) is 5.46 Å². The molecule has 0 radical (unpaired) electrons. The Kier molecular flexibility index (Phi) is 3.09. The van der Waals surface area contributed by atoms with Crippen LogP contribution in [0.4, 0.5) is 0 Å². The Hall–Kier alpha value is -3.14. The van der Waals surface area contributed by atoms with E-state index in [0.717, 1.165) is 5.56 Å². The van der Waals surface area contributed by atoms with Gasteiger partial charge in [-0.2, -0.15) is 0 Å². The summed E-state index contributed by atoms with van der Waals surface area (Å²) in [5.74, 6) is 0. The summed E-state index contributed by atoms with van der Waals surface area (Å²) in [5.41, 5.74) is 10.2. The highest BCUT2D eigenvalue weighted by molar-refractivity contribution is 6.58. The van der Waals surface area contributed by atoms with Crippen LogP contribution in [0.5, 0.6) is 0 Å². The summed E-state index contributed by atoms with van der Waals surface area (Å²) < 4.78 is 0. The Bertz CT molecular complexity index is 1200. The molecule has 2 nitrogen and oxygen atoms in total. The van der Waals surface area contributed by atoms with E-state index in [1.165, 1.54) is 38.9 Å². The predicted octanol–water partition coefficient (Wildman–Crippen LogP) is 3.44. The van der Waals surface area contributed by atoms with Gasteiger partial charge in [0.2, 0.25) is 0 Å². The van der Waals surface area contributed by atoms with Gasteiger partial charge in [-0.1, -0.05) is 91.0 Å². The molecule has 0 unspecified atom stereocenters. The highest BCUT2D eigenvalue weighted by Gasteiger charge is 2.51. The second-order valence-corrected chi connectivity index (χ2v) is 7.59. The SMILES string of the molecule is OB([OH2+])c1ccc2c(c1)C1(c3ccccc3-c3ccccc31)c1ccccc1-2. The zero-order valence-corrected chi connectivity index (χ0v) is 15.2. The minimum absolute atomic E-state index is 0.399. The molecule has 0 bridgehead atoms. The summed E-state index contributed by atoms with van der Waals surface area (Å²) in [4.78, 5) is 0. The number of fused-ring (bicyclic) bond motifs is 10. The Labute approximate surface area is 163 Å². The second kappa shape index (κ2) is 5.45. The van der Waals surface area contributed by atoms with Gasteiger partial charge in [0.1, 0.15) is 0 Å². The highest BCUT2D eigenvalue weighted by Crippen LogP contribution is 2.62. The van der Waals surface area contributed by atoms with E-state index < -0.39 is 12.5 Å². The van der Waals surface area contributed by atoms with E-state index in [1.807, 2.05) is 12.1 Å². The Balaban J connectivity index is 1.83. The van der Waals surface area contributed by atoms with E-state index in [4.69, 9.17) is 5.02 Å². The Morgan fingerprint density at radius 3 is 1.46 bits per heavy atom. The van der Waals surface area contributed by atoms with Crippen molar-refractivity contribution in [1.82, 2.24) is 0 Å². The minimum Gasteiger partial charge on any atom is -0.522 e. The van der Waals surface area contributed by atoms with Gasteiger partial charge in [0.25, 0.3) is 0 Å². The number of benzene rings is 4. The molecule has 28 heavy (non-hydrogen) atoms. The number of hydrogen-bond donors (Lipinski definition) is 1. The summed E-state index contributed by atoms with van der Waals surface area (Å²) in [6.45, 7) is 0. The fourth-order valence-electron chi connectivity index (χ4n) is 5.28. The summed E-state index contributed by atoms with van der Waals surface area (Å²) in [6, 6.07) is 31.8. The molecule has 0 fully saturated rings. The Morgan fingerprint density at radius 1 is 0.571 bits per heavy atom. The third-order valence-corrected chi connectivity index (χ3v) is 6.34. The van der Waals surface area contributed by atoms with Crippen molar-refractivity contribution in [2.45, 2.75) is 5.41 Å². The molecule has 0 aliphatic heterocycles. The maximum Gasteiger partial charge on any atom is 0.727 e. The van der Waals surface area contributed by atoms with Crippen LogP contribution in [-0.2, 0) is 5.41 Å². The van der Waals surface area contributed by atoms with Crippen LogP contribution < -0.4 is 5.46 Å². The molecule has 4 aromatic rings. The van der Waals surface area contributed by atoms with E-state index in [9.17, 15) is 5.02 Å². The first kappa shape index (κ1) is 15.9. The zero-order chi connectivity index (χ0) is 18.9. The summed E-state index contributed by atoms with van der Waals surface area (Å²) in [6.07, 6.45) is 0. The van der Waals surface area contributed by atoms with Gasteiger partial charge in [0, 0.05) is 5.46 Å². The standard InChI is InChI=1S/C25H17BO2/c27-26(28)16-13-14-20-19-9-3-6-12-23(19)25(24(20)15-16)21-10-4-1-7-17(21)18-8-2-5-11-22(18)25/h1-15,27-28H/p+1. The van der Waals surface area contributed by atoms with Crippen LogP contribution in [0.1, 0.15) is 22.3 Å². The molecule has 0 saturated heterocycles. The third-order valence-electron chi connectivity index (χ3n) is 6.34. The molecule has 6 rings (SSSR count). The Morgan fingerprint density at radius 2 is 1.00 bits per heavy atom. The van der Waals surface area contributed by atoms with Gasteiger partial charge in [0.15, 0.2) is 0 Å². The van der Waals surface area contributed by atoms with Crippen LogP contribution in [0, 0.1) is 0 Å². The lowest BCUT2D eigenvalue weighted by Gasteiger charge is -2.30. The fourth-order valence-corrected chi connectivity index (χ4v) is 5.28. The average molecular weight is 361 g/mol. The average Bonchev–Trinajstić information content (AvgIpc) is 3.21. The smallest absolute Gasteiger partial charge is 0.522 e. The van der Waals surface area contributed by atoms with Crippen molar-refractivity contribution >= 4 is 12.6 Å². The maximum absolute atomic E-state index is 9.96. The normalized spacial score (nSPS) is 14.4. The topological polar surface area (TPSA) is 43.1 Å². The summed E-state index contributed by atoms with van der Waals surface area (Å²) in [5, 5.41) is 17.8. The molecule has 0 atom stereocenters. The molecular formula is C25H18BO2+. The van der Waals surface area contributed by atoms with Crippen molar-refractivity contribution in [3.63, 3.8) is 0 Å². The lowest BCUT2D eigenvalue weighted by atomic mass is 9.68. The molecule has 0 amide bonds. The number of rotatable bonds is 1. The van der Waals surface area contributed by atoms with Crippen LogP contribution in [0.25, 0.3) is 22.3 Å². The first-order valence-electron chi connectivity index (χ1n) is 9.56. The maximum atomic E-state index is 9.96. The number of hydrogen-bond acceptors (Lipinski definition) is 1. The van der Waals surface area contributed by atoms with Crippen molar-refractivity contribution in [1.29, 1.82) is 0 Å². The van der Waals surface area contributed by atoms with Crippen LogP contribution in [0.2, 0.25) is 0 Å². The van der Waals surface area contributed by atoms with Gasteiger partial charge in [-0.3, -0.25) is 0 Å². The first-order valence-corrected chi connectivity index (χ1v) is 9.56. The van der Waals surface area contributed by atoms with E-state index in [-0.39, 0.29) is 0 Å². The van der Waals surface area contributed by atoms with Crippen LogP contribution in [0.15, 0.2) is 91.0 Å². The molecule has 0 heterocycles. The highest BCUT2D eigenvalue weighted by atomic mass is 16.4. The van der Waals surface area contributed by atoms with Crippen molar-refractivity contribution < 1.29 is 10.0 Å². The van der Waals surface area contributed by atoms with Crippen molar-refractivity contribution in [3.8, 4) is 22.3 Å². The van der Waals surface area contributed by atoms with Crippen LogP contribution >= 0.6 is 0 Å². The summed E-state index contributed by atoms with van der Waals surface area (Å²) >= 11 is 0. The first-order chi connectivity index (χ1) is 13.7. The van der Waals surface area contributed by atoms with E-state index in [2.05, 4.69) is 78.9 Å². The quantitative estimate of drug-likeness (QED) is 0.354. The van der Waals surface area contributed by atoms with Gasteiger partial charge in [-0.25, -0.2) is 0 Å². The van der Waals surface area contributed by atoms with Gasteiger partial charge >= 0.3 is 7.12 Å². The van der Waals surface area contributed by atoms with E-state index >= 15 is 0 Å². The van der Waals surface area contributed by atoms with Crippen LogP contribution in [0.3, 0.4) is 0 Å². The molecule has 2 aliphatic carbocycles. The fraction of sp³-hybridized carbons (Fsp3) is 0.0400. The van der Waals surface area contributed by atoms with E-state index in [1.54, 1.807) is 0 Å². The summed E-state index contributed by atoms with van der Waals surface area (Å²) in [7, 11) is -1.24. The van der Waals surface area contributed by atoms with Gasteiger partial charge in [0.05, 0.1) is 5.41 Å². The van der Waals surface area contributed by atoms with Gasteiger partial charge in [-0.05, 0) is 44.5 Å². The van der Waals surface area contributed by atoms with Crippen molar-refractivity contribution in [3.05, 3.63) is 113 Å². The molecule has 0 saturated carbocycles. The predicted molar refractivity (Wildman–Crippen MR) is 114 cm³/mol. The molecule has 4 aromatic carbocycles. The molecule has 3 heteroatoms. The molecule has 2 aliphatic rings. The van der Waals surface area contributed by atoms with Gasteiger partial charge in [-0.15, -0.1) is 0 Å². The van der Waals surface area contributed by atoms with Crippen molar-refractivity contribution in [2.75, 3.05) is 0 Å². The second-order valence-electron chi connectivity index (χ2n) is 7.59. The largest absolute Gasteiger partial charge is 0.727 e. The molecule has 0 aromatic heterocycles. The molecule has 132 valence electrons. The molecule has 1 spiro atoms. The molecular weight excluding hydrogens is 343 g/mol. The van der Waals surface area contributed by atoms with Crippen molar-refractivity contribution in [2.24, 2.45) is 0 Å². The molecule has 3 N–H and O–H groups in total. The van der Waals surface area contributed by atoms with Gasteiger partial charge < -0.3 is 10.0 Å². The minimum atomic E-state index is -1.24. The lowest BCUT2D eigenvalue weighted by molar-refractivity contribution is 0.425. The third kappa shape index (κ3) is 1.76.